The number of anilines is 1. The summed E-state index contributed by atoms with van der Waals surface area (Å²) in [5.41, 5.74) is 1.53. The number of carbonyl (C=O) groups excluding carboxylic acids is 2. The molecule has 0 saturated heterocycles. The molecule has 0 aliphatic rings. The van der Waals surface area contributed by atoms with E-state index in [-0.39, 0.29) is 11.7 Å². The van der Waals surface area contributed by atoms with Crippen molar-refractivity contribution in [3.05, 3.63) is 64.7 Å². The van der Waals surface area contributed by atoms with Crippen LogP contribution in [0.3, 0.4) is 0 Å². The average Bonchev–Trinajstić information content (AvgIpc) is 2.46. The van der Waals surface area contributed by atoms with Gasteiger partial charge in [0, 0.05) is 30.1 Å². The molecule has 0 radical (unpaired) electrons. The van der Waals surface area contributed by atoms with Gasteiger partial charge >= 0.3 is 0 Å². The first-order chi connectivity index (χ1) is 9.50. The van der Waals surface area contributed by atoms with Gasteiger partial charge in [-0.2, -0.15) is 0 Å². The SMILES string of the molecule is CC(=O)N(C)c1ccc(Cl)cc1C(=O)c1ccccc1. The monoisotopic (exact) mass is 287 g/mol. The van der Waals surface area contributed by atoms with Crippen LogP contribution < -0.4 is 4.90 Å². The highest BCUT2D eigenvalue weighted by molar-refractivity contribution is 6.31. The van der Waals surface area contributed by atoms with Crippen molar-refractivity contribution in [2.75, 3.05) is 11.9 Å². The quantitative estimate of drug-likeness (QED) is 0.810. The maximum atomic E-state index is 12.5. The average molecular weight is 288 g/mol. The van der Waals surface area contributed by atoms with Gasteiger partial charge in [0.15, 0.2) is 5.78 Å². The molecule has 3 nitrogen and oxygen atoms in total. The minimum atomic E-state index is -0.156. The molecule has 0 N–H and O–H groups in total. The van der Waals surface area contributed by atoms with Gasteiger partial charge in [-0.25, -0.2) is 0 Å². The Morgan fingerprint density at radius 3 is 2.30 bits per heavy atom. The highest BCUT2D eigenvalue weighted by atomic mass is 35.5. The Morgan fingerprint density at radius 1 is 1.05 bits per heavy atom. The fourth-order valence-corrected chi connectivity index (χ4v) is 2.07. The van der Waals surface area contributed by atoms with E-state index < -0.39 is 0 Å². The molecular formula is C16H14ClNO2. The normalized spacial score (nSPS) is 10.2. The van der Waals surface area contributed by atoms with Crippen LogP contribution in [0.1, 0.15) is 22.8 Å². The van der Waals surface area contributed by atoms with Gasteiger partial charge in [-0.3, -0.25) is 9.59 Å². The summed E-state index contributed by atoms with van der Waals surface area (Å²) in [6.45, 7) is 1.45. The van der Waals surface area contributed by atoms with E-state index in [0.717, 1.165) is 0 Å². The fourth-order valence-electron chi connectivity index (χ4n) is 1.90. The molecule has 20 heavy (non-hydrogen) atoms. The number of nitrogens with zero attached hydrogens (tertiary/aromatic N) is 1. The van der Waals surface area contributed by atoms with Crippen LogP contribution in [-0.2, 0) is 4.79 Å². The molecule has 1 amide bonds. The lowest BCUT2D eigenvalue weighted by molar-refractivity contribution is -0.116. The summed E-state index contributed by atoms with van der Waals surface area (Å²) in [5.74, 6) is -0.300. The van der Waals surface area contributed by atoms with Crippen LogP contribution in [0.25, 0.3) is 0 Å². The van der Waals surface area contributed by atoms with Crippen LogP contribution in [0.4, 0.5) is 5.69 Å². The van der Waals surface area contributed by atoms with Crippen molar-refractivity contribution in [1.29, 1.82) is 0 Å². The van der Waals surface area contributed by atoms with Crippen LogP contribution in [0.2, 0.25) is 5.02 Å². The Balaban J connectivity index is 2.53. The zero-order valence-corrected chi connectivity index (χ0v) is 12.0. The molecule has 0 saturated carbocycles. The van der Waals surface area contributed by atoms with Crippen LogP contribution in [0.15, 0.2) is 48.5 Å². The first-order valence-electron chi connectivity index (χ1n) is 6.14. The van der Waals surface area contributed by atoms with Gasteiger partial charge in [0.2, 0.25) is 5.91 Å². The molecule has 2 aromatic carbocycles. The van der Waals surface area contributed by atoms with Crippen LogP contribution >= 0.6 is 11.6 Å². The second-order valence-corrected chi connectivity index (χ2v) is 4.87. The molecule has 2 aromatic rings. The molecule has 4 heteroatoms. The van der Waals surface area contributed by atoms with Gasteiger partial charge in [-0.15, -0.1) is 0 Å². The lowest BCUT2D eigenvalue weighted by Crippen LogP contribution is -2.25. The number of hydrogen-bond acceptors (Lipinski definition) is 2. The summed E-state index contributed by atoms with van der Waals surface area (Å²) < 4.78 is 0. The smallest absolute Gasteiger partial charge is 0.223 e. The largest absolute Gasteiger partial charge is 0.315 e. The molecule has 102 valence electrons. The molecule has 0 unspecified atom stereocenters. The van der Waals surface area contributed by atoms with Crippen molar-refractivity contribution in [2.45, 2.75) is 6.92 Å². The van der Waals surface area contributed by atoms with Crippen molar-refractivity contribution in [2.24, 2.45) is 0 Å². The van der Waals surface area contributed by atoms with Crippen molar-refractivity contribution < 1.29 is 9.59 Å². The van der Waals surface area contributed by atoms with Gasteiger partial charge in [0.05, 0.1) is 5.69 Å². The minimum Gasteiger partial charge on any atom is -0.315 e. The number of carbonyl (C=O) groups is 2. The van der Waals surface area contributed by atoms with Crippen molar-refractivity contribution >= 4 is 29.0 Å². The Morgan fingerprint density at radius 2 is 1.70 bits per heavy atom. The zero-order chi connectivity index (χ0) is 14.7. The van der Waals surface area contributed by atoms with E-state index in [4.69, 9.17) is 11.6 Å². The minimum absolute atomic E-state index is 0.144. The maximum Gasteiger partial charge on any atom is 0.223 e. The van der Waals surface area contributed by atoms with E-state index >= 15 is 0 Å². The molecule has 0 aromatic heterocycles. The van der Waals surface area contributed by atoms with E-state index in [1.54, 1.807) is 49.5 Å². The van der Waals surface area contributed by atoms with Gasteiger partial charge in [0.25, 0.3) is 0 Å². The Kier molecular flexibility index (Phi) is 4.20. The summed E-state index contributed by atoms with van der Waals surface area (Å²) in [6.07, 6.45) is 0. The van der Waals surface area contributed by atoms with Gasteiger partial charge in [-0.05, 0) is 18.2 Å². The van der Waals surface area contributed by atoms with E-state index in [2.05, 4.69) is 0 Å². The van der Waals surface area contributed by atoms with Crippen LogP contribution in [-0.4, -0.2) is 18.7 Å². The van der Waals surface area contributed by atoms with Crippen molar-refractivity contribution in [1.82, 2.24) is 0 Å². The lowest BCUT2D eigenvalue weighted by atomic mass is 10.0. The third kappa shape index (κ3) is 2.89. The number of halogens is 1. The Bertz CT molecular complexity index is 653. The number of rotatable bonds is 3. The molecule has 0 atom stereocenters. The van der Waals surface area contributed by atoms with Gasteiger partial charge < -0.3 is 4.90 Å². The number of ketones is 1. The summed E-state index contributed by atoms with van der Waals surface area (Å²) in [6, 6.07) is 13.8. The predicted molar refractivity (Wildman–Crippen MR) is 80.4 cm³/mol. The Labute approximate surface area is 122 Å². The first-order valence-corrected chi connectivity index (χ1v) is 6.52. The molecule has 0 aliphatic heterocycles. The van der Waals surface area contributed by atoms with Gasteiger partial charge in [-0.1, -0.05) is 41.9 Å². The van der Waals surface area contributed by atoms with E-state index in [1.807, 2.05) is 6.07 Å². The lowest BCUT2D eigenvalue weighted by Gasteiger charge is -2.18. The standard InChI is InChI=1S/C16H14ClNO2/c1-11(19)18(2)15-9-8-13(17)10-14(15)16(20)12-6-4-3-5-7-12/h3-10H,1-2H3. The number of amides is 1. The highest BCUT2D eigenvalue weighted by Gasteiger charge is 2.18. The fraction of sp³-hybridized carbons (Fsp3) is 0.125. The summed E-state index contributed by atoms with van der Waals surface area (Å²) in [5, 5.41) is 0.463. The molecule has 0 spiro atoms. The molecule has 0 aliphatic carbocycles. The van der Waals surface area contributed by atoms with Crippen molar-refractivity contribution in [3.63, 3.8) is 0 Å². The van der Waals surface area contributed by atoms with Crippen molar-refractivity contribution in [3.8, 4) is 0 Å². The maximum absolute atomic E-state index is 12.5. The summed E-state index contributed by atoms with van der Waals surface area (Å²) >= 11 is 5.98. The molecular weight excluding hydrogens is 274 g/mol. The van der Waals surface area contributed by atoms with E-state index in [1.165, 1.54) is 11.8 Å². The third-order valence-corrected chi connectivity index (χ3v) is 3.31. The number of benzene rings is 2. The second kappa shape index (κ2) is 5.88. The van der Waals surface area contributed by atoms with E-state index in [9.17, 15) is 9.59 Å². The predicted octanol–water partition coefficient (Wildman–Crippen LogP) is 3.55. The second-order valence-electron chi connectivity index (χ2n) is 4.43. The van der Waals surface area contributed by atoms with Gasteiger partial charge in [0.1, 0.15) is 0 Å². The zero-order valence-electron chi connectivity index (χ0n) is 11.3. The molecule has 0 heterocycles. The molecule has 0 fully saturated rings. The van der Waals surface area contributed by atoms with E-state index in [0.29, 0.717) is 21.8 Å². The number of hydrogen-bond donors (Lipinski definition) is 0. The van der Waals surface area contributed by atoms with Crippen LogP contribution in [0.5, 0.6) is 0 Å². The topological polar surface area (TPSA) is 37.4 Å². The first kappa shape index (κ1) is 14.3. The third-order valence-electron chi connectivity index (χ3n) is 3.07. The summed E-state index contributed by atoms with van der Waals surface area (Å²) in [7, 11) is 1.63. The molecule has 0 bridgehead atoms. The molecule has 2 rings (SSSR count). The van der Waals surface area contributed by atoms with Crippen LogP contribution in [0, 0.1) is 0 Å². The summed E-state index contributed by atoms with van der Waals surface area (Å²) in [4.78, 5) is 25.5. The highest BCUT2D eigenvalue weighted by Crippen LogP contribution is 2.26. The Hall–Kier alpha value is -2.13.